The lowest BCUT2D eigenvalue weighted by Gasteiger charge is -2.30. The van der Waals surface area contributed by atoms with Crippen molar-refractivity contribution in [1.82, 2.24) is 5.32 Å². The van der Waals surface area contributed by atoms with E-state index in [4.69, 9.17) is 9.47 Å². The van der Waals surface area contributed by atoms with Gasteiger partial charge in [-0.2, -0.15) is 0 Å². The molecule has 3 aromatic rings. The maximum atomic E-state index is 13.4. The lowest BCUT2D eigenvalue weighted by Crippen LogP contribution is -2.36. The van der Waals surface area contributed by atoms with E-state index in [0.29, 0.717) is 31.0 Å². The number of nitrogens with one attached hydrogen (secondary N) is 1. The number of hydrogen-bond donors (Lipinski definition) is 1. The summed E-state index contributed by atoms with van der Waals surface area (Å²) in [7, 11) is 1.59. The third-order valence-corrected chi connectivity index (χ3v) is 5.32. The van der Waals surface area contributed by atoms with Crippen molar-refractivity contribution in [3.05, 3.63) is 101 Å². The first-order chi connectivity index (χ1) is 16.0. The standard InChI is InChI=1S/C27H26N2O4/c1-19-6-5-7-21(16-19)18-29-23-8-3-4-9-24(23)33-25(27(29)31)17-20-10-12-22(13-11-20)26(30)28-14-15-32-2/h3-13,16-17H,14-15,18H2,1-2H3,(H,28,30)/b25-17+. The van der Waals surface area contributed by atoms with Crippen LogP contribution < -0.4 is 15.0 Å². The number of amides is 2. The van der Waals surface area contributed by atoms with E-state index < -0.39 is 0 Å². The van der Waals surface area contributed by atoms with Crippen molar-refractivity contribution in [3.63, 3.8) is 0 Å². The molecule has 0 atom stereocenters. The van der Waals surface area contributed by atoms with Gasteiger partial charge in [0.1, 0.15) is 0 Å². The second kappa shape index (κ2) is 10.1. The predicted octanol–water partition coefficient (Wildman–Crippen LogP) is 4.34. The first kappa shape index (κ1) is 22.3. The third-order valence-electron chi connectivity index (χ3n) is 5.32. The highest BCUT2D eigenvalue weighted by atomic mass is 16.5. The van der Waals surface area contributed by atoms with Crippen LogP contribution in [0.1, 0.15) is 27.0 Å². The van der Waals surface area contributed by atoms with E-state index in [9.17, 15) is 9.59 Å². The molecule has 0 aliphatic carbocycles. The Morgan fingerprint density at radius 3 is 2.61 bits per heavy atom. The van der Waals surface area contributed by atoms with E-state index in [1.165, 1.54) is 0 Å². The first-order valence-corrected chi connectivity index (χ1v) is 10.8. The number of fused-ring (bicyclic) bond motifs is 1. The number of rotatable bonds is 7. The molecule has 0 unspecified atom stereocenters. The number of methoxy groups -OCH3 is 1. The van der Waals surface area contributed by atoms with Gasteiger partial charge in [-0.05, 0) is 48.4 Å². The minimum atomic E-state index is -0.211. The predicted molar refractivity (Wildman–Crippen MR) is 128 cm³/mol. The fourth-order valence-corrected chi connectivity index (χ4v) is 3.66. The van der Waals surface area contributed by atoms with Crippen LogP contribution in [-0.2, 0) is 16.1 Å². The molecule has 1 N–H and O–H groups in total. The second-order valence-electron chi connectivity index (χ2n) is 7.83. The van der Waals surface area contributed by atoms with Crippen molar-refractivity contribution in [3.8, 4) is 5.75 Å². The molecule has 1 heterocycles. The SMILES string of the molecule is COCCNC(=O)c1ccc(/C=C2/Oc3ccccc3N(Cc3cccc(C)c3)C2=O)cc1. The zero-order chi connectivity index (χ0) is 23.2. The van der Waals surface area contributed by atoms with Gasteiger partial charge in [-0.3, -0.25) is 14.5 Å². The van der Waals surface area contributed by atoms with Gasteiger partial charge in [-0.15, -0.1) is 0 Å². The summed E-state index contributed by atoms with van der Waals surface area (Å²) in [4.78, 5) is 27.3. The van der Waals surface area contributed by atoms with Crippen LogP contribution in [0.3, 0.4) is 0 Å². The Balaban J connectivity index is 1.58. The zero-order valence-corrected chi connectivity index (χ0v) is 18.7. The van der Waals surface area contributed by atoms with Crippen LogP contribution in [0.5, 0.6) is 5.75 Å². The Morgan fingerprint density at radius 1 is 1.06 bits per heavy atom. The molecule has 4 rings (SSSR count). The monoisotopic (exact) mass is 442 g/mol. The molecule has 0 saturated heterocycles. The van der Waals surface area contributed by atoms with E-state index >= 15 is 0 Å². The Bertz CT molecular complexity index is 1180. The summed E-state index contributed by atoms with van der Waals surface area (Å²) in [6.07, 6.45) is 1.70. The number of anilines is 1. The highest BCUT2D eigenvalue weighted by Gasteiger charge is 2.30. The van der Waals surface area contributed by atoms with Gasteiger partial charge >= 0.3 is 0 Å². The Labute approximate surface area is 193 Å². The van der Waals surface area contributed by atoms with Crippen molar-refractivity contribution in [1.29, 1.82) is 0 Å². The summed E-state index contributed by atoms with van der Waals surface area (Å²) >= 11 is 0. The molecule has 0 radical (unpaired) electrons. The van der Waals surface area contributed by atoms with Gasteiger partial charge in [0.15, 0.2) is 11.5 Å². The lowest BCUT2D eigenvalue weighted by atomic mass is 10.1. The maximum Gasteiger partial charge on any atom is 0.294 e. The molecule has 2 amide bonds. The highest BCUT2D eigenvalue weighted by molar-refractivity contribution is 6.09. The van der Waals surface area contributed by atoms with Gasteiger partial charge in [0.2, 0.25) is 0 Å². The van der Waals surface area contributed by atoms with Crippen LogP contribution >= 0.6 is 0 Å². The minimum Gasteiger partial charge on any atom is -0.449 e. The number of para-hydroxylation sites is 2. The fraction of sp³-hybridized carbons (Fsp3) is 0.185. The van der Waals surface area contributed by atoms with Gasteiger partial charge in [-0.1, -0.05) is 54.1 Å². The number of hydrogen-bond acceptors (Lipinski definition) is 4. The largest absolute Gasteiger partial charge is 0.449 e. The van der Waals surface area contributed by atoms with E-state index in [1.54, 1.807) is 42.4 Å². The van der Waals surface area contributed by atoms with Crippen LogP contribution in [0.4, 0.5) is 5.69 Å². The second-order valence-corrected chi connectivity index (χ2v) is 7.83. The molecule has 33 heavy (non-hydrogen) atoms. The fourth-order valence-electron chi connectivity index (χ4n) is 3.66. The first-order valence-electron chi connectivity index (χ1n) is 10.8. The molecular formula is C27H26N2O4. The topological polar surface area (TPSA) is 67.9 Å². The van der Waals surface area contributed by atoms with Crippen molar-refractivity contribution in [2.24, 2.45) is 0 Å². The van der Waals surface area contributed by atoms with Gasteiger partial charge < -0.3 is 14.8 Å². The van der Waals surface area contributed by atoms with E-state index in [0.717, 1.165) is 22.4 Å². The summed E-state index contributed by atoms with van der Waals surface area (Å²) in [5, 5.41) is 2.79. The summed E-state index contributed by atoms with van der Waals surface area (Å²) in [6.45, 7) is 3.37. The molecule has 0 bridgehead atoms. The zero-order valence-electron chi connectivity index (χ0n) is 18.7. The molecule has 1 aliphatic rings. The smallest absolute Gasteiger partial charge is 0.294 e. The van der Waals surface area contributed by atoms with Gasteiger partial charge in [0, 0.05) is 19.2 Å². The number of ether oxygens (including phenoxy) is 2. The quantitative estimate of drug-likeness (QED) is 0.437. The maximum absolute atomic E-state index is 13.4. The summed E-state index contributed by atoms with van der Waals surface area (Å²) < 4.78 is 10.9. The molecule has 0 aromatic heterocycles. The lowest BCUT2D eigenvalue weighted by molar-refractivity contribution is -0.117. The summed E-state index contributed by atoms with van der Waals surface area (Å²) in [5.74, 6) is 0.481. The van der Waals surface area contributed by atoms with Crippen LogP contribution in [0.25, 0.3) is 6.08 Å². The van der Waals surface area contributed by atoms with Crippen molar-refractivity contribution in [2.45, 2.75) is 13.5 Å². The van der Waals surface area contributed by atoms with Crippen LogP contribution in [-0.4, -0.2) is 32.1 Å². The Hall–Kier alpha value is -3.90. The number of benzene rings is 3. The van der Waals surface area contributed by atoms with Crippen LogP contribution in [0.2, 0.25) is 0 Å². The van der Waals surface area contributed by atoms with Gasteiger partial charge in [0.25, 0.3) is 11.8 Å². The van der Waals surface area contributed by atoms with E-state index in [1.807, 2.05) is 49.4 Å². The number of carbonyl (C=O) groups is 2. The Kier molecular flexibility index (Phi) is 6.86. The molecule has 0 spiro atoms. The number of aryl methyl sites for hydroxylation is 1. The molecule has 0 saturated carbocycles. The van der Waals surface area contributed by atoms with Crippen molar-refractivity contribution in [2.75, 3.05) is 25.2 Å². The molecular weight excluding hydrogens is 416 g/mol. The third kappa shape index (κ3) is 5.30. The number of nitrogens with zero attached hydrogens (tertiary/aromatic N) is 1. The average Bonchev–Trinajstić information content (AvgIpc) is 2.82. The van der Waals surface area contributed by atoms with E-state index in [2.05, 4.69) is 11.4 Å². The summed E-state index contributed by atoms with van der Waals surface area (Å²) in [6, 6.07) is 22.7. The van der Waals surface area contributed by atoms with Crippen molar-refractivity contribution < 1.29 is 19.1 Å². The minimum absolute atomic E-state index is 0.172. The molecule has 1 aliphatic heterocycles. The molecule has 168 valence electrons. The molecule has 3 aromatic carbocycles. The van der Waals surface area contributed by atoms with Crippen LogP contribution in [0, 0.1) is 6.92 Å². The normalized spacial score (nSPS) is 14.1. The molecule has 6 heteroatoms. The highest BCUT2D eigenvalue weighted by Crippen LogP contribution is 2.36. The molecule has 6 nitrogen and oxygen atoms in total. The molecule has 0 fully saturated rings. The van der Waals surface area contributed by atoms with Gasteiger partial charge in [0.05, 0.1) is 18.8 Å². The van der Waals surface area contributed by atoms with Gasteiger partial charge in [-0.25, -0.2) is 0 Å². The number of carbonyl (C=O) groups excluding carboxylic acids is 2. The average molecular weight is 443 g/mol. The summed E-state index contributed by atoms with van der Waals surface area (Å²) in [5.41, 5.74) is 4.23. The Morgan fingerprint density at radius 2 is 1.85 bits per heavy atom. The van der Waals surface area contributed by atoms with Crippen LogP contribution in [0.15, 0.2) is 78.6 Å². The van der Waals surface area contributed by atoms with E-state index in [-0.39, 0.29) is 17.6 Å². The van der Waals surface area contributed by atoms with Crippen molar-refractivity contribution >= 4 is 23.6 Å².